The van der Waals surface area contributed by atoms with Crippen molar-refractivity contribution in [3.8, 4) is 5.75 Å². The summed E-state index contributed by atoms with van der Waals surface area (Å²) in [6.07, 6.45) is 1.04. The highest BCUT2D eigenvalue weighted by Crippen LogP contribution is 2.18. The molecule has 16 heavy (non-hydrogen) atoms. The molecule has 0 spiro atoms. The van der Waals surface area contributed by atoms with Gasteiger partial charge in [0.2, 0.25) is 0 Å². The van der Waals surface area contributed by atoms with Crippen molar-refractivity contribution in [3.63, 3.8) is 0 Å². The normalized spacial score (nSPS) is 14.6. The van der Waals surface area contributed by atoms with Gasteiger partial charge in [-0.2, -0.15) is 0 Å². The van der Waals surface area contributed by atoms with Crippen LogP contribution in [0.15, 0.2) is 18.2 Å². The van der Waals surface area contributed by atoms with Crippen LogP contribution < -0.4 is 10.1 Å². The van der Waals surface area contributed by atoms with Crippen LogP contribution >= 0.6 is 0 Å². The van der Waals surface area contributed by atoms with Gasteiger partial charge < -0.3 is 10.1 Å². The Morgan fingerprint density at radius 1 is 1.38 bits per heavy atom. The second-order valence-electron chi connectivity index (χ2n) is 4.26. The van der Waals surface area contributed by atoms with E-state index in [0.29, 0.717) is 11.6 Å². The van der Waals surface area contributed by atoms with Gasteiger partial charge in [0, 0.05) is 6.04 Å². The molecule has 1 aromatic carbocycles. The summed E-state index contributed by atoms with van der Waals surface area (Å²) in [5.74, 6) is 0.540. The number of benzene rings is 1. The Hall–Kier alpha value is -1.09. The van der Waals surface area contributed by atoms with Crippen molar-refractivity contribution in [2.75, 3.05) is 7.05 Å². The third kappa shape index (κ3) is 3.81. The average Bonchev–Trinajstić information content (AvgIpc) is 2.23. The Labute approximate surface area is 96.8 Å². The van der Waals surface area contributed by atoms with E-state index in [1.807, 2.05) is 14.0 Å². The lowest BCUT2D eigenvalue weighted by Crippen LogP contribution is -2.28. The van der Waals surface area contributed by atoms with Crippen LogP contribution in [-0.4, -0.2) is 19.2 Å². The predicted octanol–water partition coefficient (Wildman–Crippen LogP) is 2.90. The molecule has 0 bridgehead atoms. The van der Waals surface area contributed by atoms with E-state index in [2.05, 4.69) is 12.2 Å². The second-order valence-corrected chi connectivity index (χ2v) is 4.26. The SMILES string of the molecule is CNC(C)CC(C)Oc1ccc(F)c(C)c1. The van der Waals surface area contributed by atoms with Crippen molar-refractivity contribution >= 4 is 0 Å². The topological polar surface area (TPSA) is 21.3 Å². The number of halogens is 1. The standard InChI is InChI=1S/C13H20FNO/c1-9-7-12(5-6-13(9)14)16-11(3)8-10(2)15-4/h5-7,10-11,15H,8H2,1-4H3. The van der Waals surface area contributed by atoms with Crippen LogP contribution in [0.25, 0.3) is 0 Å². The number of hydrogen-bond acceptors (Lipinski definition) is 2. The summed E-state index contributed by atoms with van der Waals surface area (Å²) in [5, 5.41) is 3.16. The molecule has 0 aliphatic carbocycles. The highest BCUT2D eigenvalue weighted by molar-refractivity contribution is 5.28. The fourth-order valence-electron chi connectivity index (χ4n) is 1.59. The number of hydrogen-bond donors (Lipinski definition) is 1. The molecule has 0 amide bonds. The first kappa shape index (κ1) is 13.0. The molecule has 1 rings (SSSR count). The summed E-state index contributed by atoms with van der Waals surface area (Å²) >= 11 is 0. The third-order valence-corrected chi connectivity index (χ3v) is 2.64. The van der Waals surface area contributed by atoms with Gasteiger partial charge in [0.05, 0.1) is 6.10 Å². The largest absolute Gasteiger partial charge is 0.491 e. The van der Waals surface area contributed by atoms with Crippen molar-refractivity contribution in [1.29, 1.82) is 0 Å². The van der Waals surface area contributed by atoms with Crippen LogP contribution in [-0.2, 0) is 0 Å². The molecule has 0 saturated heterocycles. The molecule has 2 atom stereocenters. The van der Waals surface area contributed by atoms with E-state index in [0.717, 1.165) is 12.2 Å². The number of rotatable bonds is 5. The Morgan fingerprint density at radius 3 is 2.62 bits per heavy atom. The maximum Gasteiger partial charge on any atom is 0.126 e. The van der Waals surface area contributed by atoms with Crippen molar-refractivity contribution in [1.82, 2.24) is 5.32 Å². The van der Waals surface area contributed by atoms with E-state index in [-0.39, 0.29) is 11.9 Å². The van der Waals surface area contributed by atoms with Crippen molar-refractivity contribution < 1.29 is 9.13 Å². The highest BCUT2D eigenvalue weighted by Gasteiger charge is 2.09. The zero-order chi connectivity index (χ0) is 12.1. The summed E-state index contributed by atoms with van der Waals surface area (Å²) in [4.78, 5) is 0. The molecule has 0 radical (unpaired) electrons. The molecular weight excluding hydrogens is 205 g/mol. The van der Waals surface area contributed by atoms with Crippen molar-refractivity contribution in [2.24, 2.45) is 0 Å². The molecule has 1 N–H and O–H groups in total. The first-order valence-corrected chi connectivity index (χ1v) is 5.63. The molecular formula is C13H20FNO. The Kier molecular flexibility index (Phi) is 4.74. The van der Waals surface area contributed by atoms with E-state index in [9.17, 15) is 4.39 Å². The van der Waals surface area contributed by atoms with Gasteiger partial charge in [-0.15, -0.1) is 0 Å². The van der Waals surface area contributed by atoms with Crippen LogP contribution in [0.1, 0.15) is 25.8 Å². The Balaban J connectivity index is 2.56. The number of ether oxygens (including phenoxy) is 1. The highest BCUT2D eigenvalue weighted by atomic mass is 19.1. The van der Waals surface area contributed by atoms with E-state index >= 15 is 0 Å². The number of nitrogens with one attached hydrogen (secondary N) is 1. The minimum Gasteiger partial charge on any atom is -0.491 e. The van der Waals surface area contributed by atoms with Gasteiger partial charge in [0.1, 0.15) is 11.6 Å². The molecule has 2 unspecified atom stereocenters. The van der Waals surface area contributed by atoms with Gasteiger partial charge in [0.25, 0.3) is 0 Å². The molecule has 0 aromatic heterocycles. The fourth-order valence-corrected chi connectivity index (χ4v) is 1.59. The smallest absolute Gasteiger partial charge is 0.126 e. The Bertz CT molecular complexity index is 341. The summed E-state index contributed by atoms with van der Waals surface area (Å²) in [5.41, 5.74) is 0.617. The number of aryl methyl sites for hydroxylation is 1. The lowest BCUT2D eigenvalue weighted by molar-refractivity contribution is 0.197. The monoisotopic (exact) mass is 225 g/mol. The van der Waals surface area contributed by atoms with Gasteiger partial charge in [-0.25, -0.2) is 4.39 Å². The zero-order valence-electron chi connectivity index (χ0n) is 10.4. The average molecular weight is 225 g/mol. The molecule has 90 valence electrons. The fraction of sp³-hybridized carbons (Fsp3) is 0.538. The Morgan fingerprint density at radius 2 is 2.06 bits per heavy atom. The second kappa shape index (κ2) is 5.85. The lowest BCUT2D eigenvalue weighted by atomic mass is 10.1. The van der Waals surface area contributed by atoms with E-state index < -0.39 is 0 Å². The predicted molar refractivity (Wildman–Crippen MR) is 64.4 cm³/mol. The molecule has 0 heterocycles. The molecule has 0 aliphatic rings. The van der Waals surface area contributed by atoms with Gasteiger partial charge in [-0.1, -0.05) is 0 Å². The first-order valence-electron chi connectivity index (χ1n) is 5.63. The van der Waals surface area contributed by atoms with Gasteiger partial charge in [-0.05, 0) is 58.0 Å². The molecule has 0 saturated carbocycles. The van der Waals surface area contributed by atoms with Gasteiger partial charge in [-0.3, -0.25) is 0 Å². The van der Waals surface area contributed by atoms with Crippen LogP contribution in [0.5, 0.6) is 5.75 Å². The molecule has 3 heteroatoms. The quantitative estimate of drug-likeness (QED) is 0.832. The zero-order valence-corrected chi connectivity index (χ0v) is 10.4. The van der Waals surface area contributed by atoms with Crippen molar-refractivity contribution in [2.45, 2.75) is 39.3 Å². The maximum atomic E-state index is 13.0. The first-order chi connectivity index (χ1) is 7.52. The minimum atomic E-state index is -0.191. The summed E-state index contributed by atoms with van der Waals surface area (Å²) in [7, 11) is 1.93. The van der Waals surface area contributed by atoms with Crippen molar-refractivity contribution in [3.05, 3.63) is 29.6 Å². The lowest BCUT2D eigenvalue weighted by Gasteiger charge is -2.18. The van der Waals surface area contributed by atoms with Crippen LogP contribution in [0.2, 0.25) is 0 Å². The molecule has 0 fully saturated rings. The summed E-state index contributed by atoms with van der Waals surface area (Å²) in [6, 6.07) is 5.26. The minimum absolute atomic E-state index is 0.118. The third-order valence-electron chi connectivity index (χ3n) is 2.64. The van der Waals surface area contributed by atoms with Crippen LogP contribution in [0, 0.1) is 12.7 Å². The van der Waals surface area contributed by atoms with Gasteiger partial charge in [0.15, 0.2) is 0 Å². The summed E-state index contributed by atoms with van der Waals surface area (Å²) in [6.45, 7) is 5.87. The summed E-state index contributed by atoms with van der Waals surface area (Å²) < 4.78 is 18.8. The van der Waals surface area contributed by atoms with Crippen LogP contribution in [0.4, 0.5) is 4.39 Å². The van der Waals surface area contributed by atoms with Gasteiger partial charge >= 0.3 is 0 Å². The van der Waals surface area contributed by atoms with E-state index in [1.165, 1.54) is 6.07 Å². The molecule has 1 aromatic rings. The maximum absolute atomic E-state index is 13.0. The molecule has 2 nitrogen and oxygen atoms in total. The van der Waals surface area contributed by atoms with Crippen LogP contribution in [0.3, 0.4) is 0 Å². The molecule has 0 aliphatic heterocycles. The van der Waals surface area contributed by atoms with E-state index in [4.69, 9.17) is 4.74 Å². The van der Waals surface area contributed by atoms with E-state index in [1.54, 1.807) is 19.1 Å².